The van der Waals surface area contributed by atoms with E-state index in [1.165, 1.54) is 0 Å². The van der Waals surface area contributed by atoms with Crippen LogP contribution < -0.4 is 0 Å². The Bertz CT molecular complexity index is 949. The second-order valence-electron chi connectivity index (χ2n) is 7.97. The molecule has 1 aromatic heterocycles. The van der Waals surface area contributed by atoms with Crippen LogP contribution in [0, 0.1) is 6.92 Å². The summed E-state index contributed by atoms with van der Waals surface area (Å²) in [6, 6.07) is 12.0. The van der Waals surface area contributed by atoms with Crippen LogP contribution in [0.5, 0.6) is 0 Å². The second kappa shape index (κ2) is 9.14. The van der Waals surface area contributed by atoms with Crippen molar-refractivity contribution in [2.24, 2.45) is 0 Å². The lowest BCUT2D eigenvalue weighted by Crippen LogP contribution is -2.47. The zero-order chi connectivity index (χ0) is 21.1. The Hall–Kier alpha value is -2.44. The maximum absolute atomic E-state index is 12.7. The average Bonchev–Trinajstić information content (AvgIpc) is 3.12. The molecule has 2 aliphatic rings. The topological polar surface area (TPSA) is 62.7 Å². The molecule has 1 unspecified atom stereocenters. The van der Waals surface area contributed by atoms with Crippen molar-refractivity contribution < 1.29 is 14.3 Å². The molecule has 0 bridgehead atoms. The number of hydrogen-bond donors (Lipinski definition) is 0. The summed E-state index contributed by atoms with van der Waals surface area (Å²) in [5, 5.41) is 0.722. The van der Waals surface area contributed by atoms with Crippen LogP contribution in [0.3, 0.4) is 0 Å². The average molecular weight is 428 g/mol. The SMILES string of the molecule is Cc1cc(Cc2cccc(Cl)c2)cc(C2CN(C(=O)CN3CCCC3=O)CCO2)n1. The maximum Gasteiger partial charge on any atom is 0.242 e. The van der Waals surface area contributed by atoms with Crippen molar-refractivity contribution in [1.29, 1.82) is 0 Å². The van der Waals surface area contributed by atoms with Crippen LogP contribution in [0.1, 0.15) is 41.5 Å². The monoisotopic (exact) mass is 427 g/mol. The Morgan fingerprint density at radius 1 is 1.23 bits per heavy atom. The predicted molar refractivity (Wildman–Crippen MR) is 114 cm³/mol. The molecule has 0 radical (unpaired) electrons. The van der Waals surface area contributed by atoms with Gasteiger partial charge in [0.25, 0.3) is 0 Å². The Balaban J connectivity index is 1.45. The number of ether oxygens (including phenoxy) is 1. The number of benzene rings is 1. The Morgan fingerprint density at radius 2 is 2.10 bits per heavy atom. The van der Waals surface area contributed by atoms with Gasteiger partial charge in [-0.25, -0.2) is 0 Å². The van der Waals surface area contributed by atoms with E-state index in [9.17, 15) is 9.59 Å². The molecule has 0 saturated carbocycles. The number of halogens is 1. The Morgan fingerprint density at radius 3 is 2.87 bits per heavy atom. The summed E-state index contributed by atoms with van der Waals surface area (Å²) in [7, 11) is 0. The van der Waals surface area contributed by atoms with Gasteiger partial charge in [0.05, 0.1) is 25.4 Å². The molecule has 4 rings (SSSR count). The van der Waals surface area contributed by atoms with Crippen LogP contribution >= 0.6 is 11.6 Å². The number of hydrogen-bond acceptors (Lipinski definition) is 4. The first-order valence-electron chi connectivity index (χ1n) is 10.4. The third-order valence-electron chi connectivity index (χ3n) is 5.58. The van der Waals surface area contributed by atoms with Crippen molar-refractivity contribution in [3.8, 4) is 0 Å². The summed E-state index contributed by atoms with van der Waals surface area (Å²) >= 11 is 6.12. The fourth-order valence-corrected chi connectivity index (χ4v) is 4.32. The molecule has 158 valence electrons. The molecule has 7 heteroatoms. The van der Waals surface area contributed by atoms with Crippen LogP contribution in [-0.4, -0.2) is 59.4 Å². The molecule has 2 fully saturated rings. The maximum atomic E-state index is 12.7. The zero-order valence-corrected chi connectivity index (χ0v) is 17.9. The Kier molecular flexibility index (Phi) is 6.35. The van der Waals surface area contributed by atoms with Crippen LogP contribution in [0.4, 0.5) is 0 Å². The van der Waals surface area contributed by atoms with E-state index in [1.807, 2.05) is 25.1 Å². The van der Waals surface area contributed by atoms with E-state index in [0.29, 0.717) is 32.7 Å². The number of aromatic nitrogens is 1. The highest BCUT2D eigenvalue weighted by molar-refractivity contribution is 6.30. The number of rotatable bonds is 5. The third-order valence-corrected chi connectivity index (χ3v) is 5.81. The van der Waals surface area contributed by atoms with E-state index in [4.69, 9.17) is 16.3 Å². The summed E-state index contributed by atoms with van der Waals surface area (Å²) in [6.45, 7) is 4.25. The number of pyridine rings is 1. The van der Waals surface area contributed by atoms with E-state index in [0.717, 1.165) is 40.4 Å². The molecule has 0 N–H and O–H groups in total. The fourth-order valence-electron chi connectivity index (χ4n) is 4.11. The summed E-state index contributed by atoms with van der Waals surface area (Å²) in [5.41, 5.74) is 4.02. The first kappa shape index (κ1) is 20.8. The first-order chi connectivity index (χ1) is 14.5. The molecule has 3 heterocycles. The van der Waals surface area contributed by atoms with E-state index in [2.05, 4.69) is 23.2 Å². The van der Waals surface area contributed by atoms with Crippen LogP contribution in [0.2, 0.25) is 5.02 Å². The van der Waals surface area contributed by atoms with Gasteiger partial charge in [-0.1, -0.05) is 23.7 Å². The highest BCUT2D eigenvalue weighted by Crippen LogP contribution is 2.24. The molecular weight excluding hydrogens is 402 g/mol. The molecule has 2 amide bonds. The van der Waals surface area contributed by atoms with Crippen LogP contribution in [0.15, 0.2) is 36.4 Å². The van der Waals surface area contributed by atoms with Crippen molar-refractivity contribution in [2.45, 2.75) is 32.3 Å². The molecule has 30 heavy (non-hydrogen) atoms. The lowest BCUT2D eigenvalue weighted by Gasteiger charge is -2.34. The molecule has 0 aliphatic carbocycles. The molecule has 1 aromatic carbocycles. The largest absolute Gasteiger partial charge is 0.368 e. The van der Waals surface area contributed by atoms with Gasteiger partial charge >= 0.3 is 0 Å². The highest BCUT2D eigenvalue weighted by Gasteiger charge is 2.29. The summed E-state index contributed by atoms with van der Waals surface area (Å²) in [4.78, 5) is 32.7. The smallest absolute Gasteiger partial charge is 0.242 e. The molecule has 1 atom stereocenters. The number of nitrogens with zero attached hydrogens (tertiary/aromatic N) is 3. The zero-order valence-electron chi connectivity index (χ0n) is 17.1. The fraction of sp³-hybridized carbons (Fsp3) is 0.435. The van der Waals surface area contributed by atoms with Gasteiger partial charge in [0.2, 0.25) is 11.8 Å². The first-order valence-corrected chi connectivity index (χ1v) is 10.7. The minimum absolute atomic E-state index is 0.0228. The molecule has 2 saturated heterocycles. The standard InChI is InChI=1S/C23H26ClN3O3/c1-16-10-18(11-17-4-2-5-19(24)12-17)13-20(25-16)21-14-27(8-9-30-21)23(29)15-26-7-3-6-22(26)28/h2,4-5,10,12-13,21H,3,6-9,11,14-15H2,1H3. The lowest BCUT2D eigenvalue weighted by molar-refractivity contribution is -0.143. The summed E-state index contributed by atoms with van der Waals surface area (Å²) in [6.07, 6.45) is 1.86. The predicted octanol–water partition coefficient (Wildman–Crippen LogP) is 3.16. The molecular formula is C23H26ClN3O3. The lowest BCUT2D eigenvalue weighted by atomic mass is 10.0. The number of likely N-dealkylation sites (tertiary alicyclic amines) is 1. The van der Waals surface area contributed by atoms with Crippen molar-refractivity contribution in [2.75, 3.05) is 32.8 Å². The van der Waals surface area contributed by atoms with Crippen molar-refractivity contribution in [3.05, 3.63) is 63.9 Å². The summed E-state index contributed by atoms with van der Waals surface area (Å²) in [5.74, 6) is 0.0459. The van der Waals surface area contributed by atoms with Crippen molar-refractivity contribution in [1.82, 2.24) is 14.8 Å². The second-order valence-corrected chi connectivity index (χ2v) is 8.40. The van der Waals surface area contributed by atoms with E-state index < -0.39 is 0 Å². The molecule has 2 aliphatic heterocycles. The minimum Gasteiger partial charge on any atom is -0.368 e. The normalized spacial score (nSPS) is 19.4. The number of aryl methyl sites for hydroxylation is 1. The molecule has 0 spiro atoms. The van der Waals surface area contributed by atoms with Crippen LogP contribution in [-0.2, 0) is 20.7 Å². The van der Waals surface area contributed by atoms with E-state index in [1.54, 1.807) is 9.80 Å². The van der Waals surface area contributed by atoms with Gasteiger partial charge in [0, 0.05) is 30.2 Å². The van der Waals surface area contributed by atoms with Gasteiger partial charge in [-0.2, -0.15) is 0 Å². The van der Waals surface area contributed by atoms with Gasteiger partial charge in [0.15, 0.2) is 0 Å². The van der Waals surface area contributed by atoms with Crippen molar-refractivity contribution in [3.63, 3.8) is 0 Å². The number of carbonyl (C=O) groups excluding carboxylic acids is 2. The van der Waals surface area contributed by atoms with Crippen molar-refractivity contribution >= 4 is 23.4 Å². The summed E-state index contributed by atoms with van der Waals surface area (Å²) < 4.78 is 5.96. The molecule has 6 nitrogen and oxygen atoms in total. The third kappa shape index (κ3) is 4.99. The van der Waals surface area contributed by atoms with Gasteiger partial charge in [-0.05, 0) is 55.2 Å². The van der Waals surface area contributed by atoms with E-state index in [-0.39, 0.29) is 24.5 Å². The minimum atomic E-state index is -0.269. The highest BCUT2D eigenvalue weighted by atomic mass is 35.5. The van der Waals surface area contributed by atoms with Gasteiger partial charge in [0.1, 0.15) is 6.10 Å². The van der Waals surface area contributed by atoms with Gasteiger partial charge in [-0.15, -0.1) is 0 Å². The van der Waals surface area contributed by atoms with Gasteiger partial charge < -0.3 is 14.5 Å². The molecule has 2 aromatic rings. The quantitative estimate of drug-likeness (QED) is 0.735. The van der Waals surface area contributed by atoms with E-state index >= 15 is 0 Å². The number of morpholine rings is 1. The number of carbonyl (C=O) groups is 2. The number of amides is 2. The Labute approximate surface area is 181 Å². The van der Waals surface area contributed by atoms with Gasteiger partial charge in [-0.3, -0.25) is 14.6 Å². The van der Waals surface area contributed by atoms with Crippen LogP contribution in [0.25, 0.3) is 0 Å².